The maximum absolute atomic E-state index is 11.8. The molecule has 1 atom stereocenters. The van der Waals surface area contributed by atoms with Crippen molar-refractivity contribution >= 4 is 39.3 Å². The Kier molecular flexibility index (Phi) is 7.15. The van der Waals surface area contributed by atoms with Gasteiger partial charge in [-0.05, 0) is 43.2 Å². The van der Waals surface area contributed by atoms with Crippen molar-refractivity contribution in [1.29, 1.82) is 0 Å². The molecule has 2 aromatic carbocycles. The van der Waals surface area contributed by atoms with E-state index in [-0.39, 0.29) is 17.7 Å². The number of thiazole rings is 1. The summed E-state index contributed by atoms with van der Waals surface area (Å²) in [5.41, 5.74) is 3.61. The fraction of sp³-hybridized carbons (Fsp3) is 0.174. The van der Waals surface area contributed by atoms with Gasteiger partial charge in [-0.1, -0.05) is 24.3 Å². The number of ether oxygens (including phenoxy) is 1. The summed E-state index contributed by atoms with van der Waals surface area (Å²) in [4.78, 5) is 20.9. The van der Waals surface area contributed by atoms with Crippen LogP contribution in [0, 0.1) is 6.92 Å². The molecule has 0 aliphatic rings. The Morgan fingerprint density at radius 1 is 1.20 bits per heavy atom. The van der Waals surface area contributed by atoms with E-state index in [0.717, 1.165) is 16.3 Å². The molecule has 0 saturated carbocycles. The van der Waals surface area contributed by atoms with Crippen molar-refractivity contribution in [3.63, 3.8) is 0 Å². The Labute approximate surface area is 205 Å². The maximum Gasteiger partial charge on any atom is 0.357 e. The van der Waals surface area contributed by atoms with Crippen molar-refractivity contribution in [2.45, 2.75) is 19.4 Å². The second kappa shape index (κ2) is 10.3. The minimum atomic E-state index is -4.34. The molecule has 12 heteroatoms. The van der Waals surface area contributed by atoms with E-state index in [1.807, 2.05) is 23.1 Å². The van der Waals surface area contributed by atoms with Gasteiger partial charge in [0.15, 0.2) is 0 Å². The van der Waals surface area contributed by atoms with Crippen LogP contribution in [0.3, 0.4) is 0 Å². The first kappa shape index (κ1) is 24.4. The number of nitrogens with zero attached hydrogens (tertiary/aromatic N) is 2. The second-order valence-electron chi connectivity index (χ2n) is 7.58. The lowest BCUT2D eigenvalue weighted by Gasteiger charge is -2.16. The van der Waals surface area contributed by atoms with E-state index in [0.29, 0.717) is 23.2 Å². The van der Waals surface area contributed by atoms with Gasteiger partial charge in [-0.25, -0.2) is 9.78 Å². The quantitative estimate of drug-likeness (QED) is 0.217. The van der Waals surface area contributed by atoms with Crippen LogP contribution in [0.2, 0.25) is 0 Å². The number of hydrogen-bond acceptors (Lipinski definition) is 9. The van der Waals surface area contributed by atoms with Crippen LogP contribution in [0.15, 0.2) is 64.6 Å². The average Bonchev–Trinajstić information content (AvgIpc) is 3.47. The van der Waals surface area contributed by atoms with E-state index < -0.39 is 16.3 Å². The predicted octanol–water partition coefficient (Wildman–Crippen LogP) is 4.50. The van der Waals surface area contributed by atoms with E-state index in [1.54, 1.807) is 42.5 Å². The number of rotatable bonds is 9. The Morgan fingerprint density at radius 2 is 1.97 bits per heavy atom. The van der Waals surface area contributed by atoms with Crippen LogP contribution in [0.1, 0.15) is 32.7 Å². The molecule has 182 valence electrons. The number of methoxy groups -OCH3 is 1. The lowest BCUT2D eigenvalue weighted by molar-refractivity contribution is 0.0600. The number of carbonyl (C=O) groups excluding carboxylic acids is 1. The predicted molar refractivity (Wildman–Crippen MR) is 132 cm³/mol. The molecule has 2 heterocycles. The van der Waals surface area contributed by atoms with E-state index in [9.17, 15) is 13.2 Å². The summed E-state index contributed by atoms with van der Waals surface area (Å²) in [5, 5.41) is 6.13. The molecule has 0 amide bonds. The first-order valence-electron chi connectivity index (χ1n) is 10.4. The highest BCUT2D eigenvalue weighted by molar-refractivity contribution is 7.87. The molecule has 0 aliphatic heterocycles. The third-order valence-electron chi connectivity index (χ3n) is 5.02. The van der Waals surface area contributed by atoms with E-state index in [4.69, 9.17) is 13.7 Å². The molecule has 0 saturated heterocycles. The van der Waals surface area contributed by atoms with Crippen LogP contribution < -0.4 is 10.0 Å². The molecule has 10 nitrogen and oxygen atoms in total. The third kappa shape index (κ3) is 6.44. The Balaban J connectivity index is 1.54. The van der Waals surface area contributed by atoms with Crippen LogP contribution in [0.4, 0.5) is 11.7 Å². The average molecular weight is 515 g/mol. The van der Waals surface area contributed by atoms with Crippen molar-refractivity contribution in [2.24, 2.45) is 0 Å². The van der Waals surface area contributed by atoms with Gasteiger partial charge >= 0.3 is 16.3 Å². The van der Waals surface area contributed by atoms with Crippen LogP contribution in [0.5, 0.6) is 0 Å². The highest BCUT2D eigenvalue weighted by Gasteiger charge is 2.19. The monoisotopic (exact) mass is 514 g/mol. The largest absolute Gasteiger partial charge is 0.465 e. The lowest BCUT2D eigenvalue weighted by atomic mass is 10.0. The Morgan fingerprint density at radius 3 is 2.63 bits per heavy atom. The normalized spacial score (nSPS) is 12.2. The molecule has 4 rings (SSSR count). The van der Waals surface area contributed by atoms with Gasteiger partial charge in [-0.15, -0.1) is 11.3 Å². The molecular formula is C23H22N4O6S2. The summed E-state index contributed by atoms with van der Waals surface area (Å²) in [6, 6.07) is 13.5. The number of aromatic nitrogens is 2. The van der Waals surface area contributed by atoms with Crippen molar-refractivity contribution in [3.8, 4) is 11.3 Å². The number of oxazole rings is 1. The molecular weight excluding hydrogens is 492 g/mol. The first-order chi connectivity index (χ1) is 16.7. The van der Waals surface area contributed by atoms with E-state index in [1.165, 1.54) is 24.7 Å². The minimum Gasteiger partial charge on any atom is -0.465 e. The maximum atomic E-state index is 11.8. The van der Waals surface area contributed by atoms with Crippen molar-refractivity contribution in [3.05, 3.63) is 82.0 Å². The Bertz CT molecular complexity index is 1430. The SMILES string of the molecule is COC(=O)c1cccc(-c2coc(NC(Cc3ccc(NS(=O)(=O)O)cc3)c3csc(C)n3)n2)c1. The van der Waals surface area contributed by atoms with Gasteiger partial charge in [0.2, 0.25) is 0 Å². The van der Waals surface area contributed by atoms with Crippen LogP contribution in [-0.2, 0) is 21.5 Å². The summed E-state index contributed by atoms with van der Waals surface area (Å²) in [6.07, 6.45) is 2.00. The van der Waals surface area contributed by atoms with Gasteiger partial charge in [-0.3, -0.25) is 9.27 Å². The molecule has 0 radical (unpaired) electrons. The number of benzene rings is 2. The summed E-state index contributed by atoms with van der Waals surface area (Å²) in [6.45, 7) is 1.92. The molecule has 3 N–H and O–H groups in total. The van der Waals surface area contributed by atoms with Crippen LogP contribution in [-0.4, -0.2) is 36.0 Å². The number of aryl methyl sites for hydroxylation is 1. The second-order valence-corrected chi connectivity index (χ2v) is 9.79. The van der Waals surface area contributed by atoms with E-state index in [2.05, 4.69) is 15.3 Å². The third-order valence-corrected chi connectivity index (χ3v) is 6.30. The summed E-state index contributed by atoms with van der Waals surface area (Å²) < 4.78 is 43.4. The van der Waals surface area contributed by atoms with Gasteiger partial charge in [-0.2, -0.15) is 13.4 Å². The fourth-order valence-corrected chi connectivity index (χ4v) is 4.51. The van der Waals surface area contributed by atoms with Crippen LogP contribution >= 0.6 is 11.3 Å². The molecule has 1 unspecified atom stereocenters. The zero-order chi connectivity index (χ0) is 25.0. The molecule has 35 heavy (non-hydrogen) atoms. The van der Waals surface area contributed by atoms with Gasteiger partial charge in [0.05, 0.1) is 35.1 Å². The smallest absolute Gasteiger partial charge is 0.357 e. The summed E-state index contributed by atoms with van der Waals surface area (Å²) in [7, 11) is -3.02. The standard InChI is InChI=1S/C23H22N4O6S2/c1-14-24-21(13-34-14)19(10-15-6-8-18(9-7-15)27-35(29,30)31)25-23-26-20(12-33-23)16-4-3-5-17(11-16)22(28)32-2/h3-9,11-13,19,27H,10H2,1-2H3,(H,25,26)(H,29,30,31). The highest BCUT2D eigenvalue weighted by atomic mass is 32.2. The van der Waals surface area contributed by atoms with E-state index >= 15 is 0 Å². The lowest BCUT2D eigenvalue weighted by Crippen LogP contribution is -2.15. The van der Waals surface area contributed by atoms with Crippen LogP contribution in [0.25, 0.3) is 11.3 Å². The topological polar surface area (TPSA) is 144 Å². The number of esters is 1. The summed E-state index contributed by atoms with van der Waals surface area (Å²) >= 11 is 1.52. The van der Waals surface area contributed by atoms with Crippen molar-refractivity contribution in [2.75, 3.05) is 17.1 Å². The number of hydrogen-bond donors (Lipinski definition) is 3. The molecule has 2 aromatic heterocycles. The fourth-order valence-electron chi connectivity index (χ4n) is 3.41. The Hall–Kier alpha value is -3.74. The van der Waals surface area contributed by atoms with Gasteiger partial charge in [0.1, 0.15) is 12.0 Å². The summed E-state index contributed by atoms with van der Waals surface area (Å²) in [5.74, 6) is -0.439. The molecule has 4 aromatic rings. The molecule has 0 aliphatic carbocycles. The van der Waals surface area contributed by atoms with Gasteiger partial charge in [0, 0.05) is 10.9 Å². The van der Waals surface area contributed by atoms with Gasteiger partial charge < -0.3 is 14.5 Å². The van der Waals surface area contributed by atoms with Gasteiger partial charge in [0.25, 0.3) is 6.01 Å². The molecule has 0 bridgehead atoms. The molecule has 0 spiro atoms. The van der Waals surface area contributed by atoms with Crippen molar-refractivity contribution < 1.29 is 26.9 Å². The zero-order valence-corrected chi connectivity index (χ0v) is 20.4. The minimum absolute atomic E-state index is 0.247. The number of anilines is 2. The molecule has 0 fully saturated rings. The number of nitrogens with one attached hydrogen (secondary N) is 2. The first-order valence-corrected chi connectivity index (χ1v) is 12.7. The zero-order valence-electron chi connectivity index (χ0n) is 18.8. The van der Waals surface area contributed by atoms with Crippen molar-refractivity contribution in [1.82, 2.24) is 9.97 Å². The highest BCUT2D eigenvalue weighted by Crippen LogP contribution is 2.28. The number of carbonyl (C=O) groups is 1.